The van der Waals surface area contributed by atoms with Crippen molar-refractivity contribution in [2.24, 2.45) is 7.05 Å². The first-order valence-electron chi connectivity index (χ1n) is 5.52. The maximum Gasteiger partial charge on any atom is 0.153 e. The molecule has 2 heterocycles. The molecule has 17 heavy (non-hydrogen) atoms. The van der Waals surface area contributed by atoms with E-state index in [9.17, 15) is 0 Å². The number of rotatable bonds is 3. The minimum absolute atomic E-state index is 0.473. The van der Waals surface area contributed by atoms with E-state index in [-0.39, 0.29) is 0 Å². The third-order valence-electron chi connectivity index (χ3n) is 2.62. The molecule has 1 saturated carbocycles. The van der Waals surface area contributed by atoms with Gasteiger partial charge in [0.2, 0.25) is 0 Å². The van der Waals surface area contributed by atoms with Crippen LogP contribution in [0.5, 0.6) is 0 Å². The van der Waals surface area contributed by atoms with Gasteiger partial charge in [-0.3, -0.25) is 4.68 Å². The van der Waals surface area contributed by atoms with Gasteiger partial charge in [0.15, 0.2) is 5.82 Å². The van der Waals surface area contributed by atoms with Gasteiger partial charge in [0.05, 0.1) is 0 Å². The van der Waals surface area contributed by atoms with Crippen molar-refractivity contribution in [3.05, 3.63) is 29.3 Å². The van der Waals surface area contributed by atoms with Crippen LogP contribution in [0.2, 0.25) is 5.15 Å². The number of aromatic nitrogens is 4. The van der Waals surface area contributed by atoms with Crippen molar-refractivity contribution in [1.82, 2.24) is 19.7 Å². The predicted molar refractivity (Wildman–Crippen MR) is 65.5 cm³/mol. The lowest BCUT2D eigenvalue weighted by Gasteiger charge is -2.04. The fourth-order valence-electron chi connectivity index (χ4n) is 1.64. The monoisotopic (exact) mass is 249 g/mol. The molecule has 2 aromatic rings. The molecule has 0 spiro atoms. The highest BCUT2D eigenvalue weighted by Gasteiger charge is 2.27. The Hall–Kier alpha value is -1.62. The van der Waals surface area contributed by atoms with Crippen molar-refractivity contribution < 1.29 is 0 Å². The van der Waals surface area contributed by atoms with E-state index in [1.165, 1.54) is 0 Å². The summed E-state index contributed by atoms with van der Waals surface area (Å²) in [6.07, 6.45) is 4.18. The van der Waals surface area contributed by atoms with Gasteiger partial charge in [-0.2, -0.15) is 5.10 Å². The second-order valence-corrected chi connectivity index (χ2v) is 4.60. The molecule has 1 N–H and O–H groups in total. The van der Waals surface area contributed by atoms with Crippen LogP contribution < -0.4 is 5.32 Å². The standard InChI is InChI=1S/C11H12ClN5/c1-17-5-4-9(16-17)14-10-6-8(12)13-11(15-10)7-2-3-7/h4-7H,2-3H2,1H3,(H,13,14,15,16). The Morgan fingerprint density at radius 1 is 1.35 bits per heavy atom. The van der Waals surface area contributed by atoms with E-state index in [2.05, 4.69) is 20.4 Å². The molecule has 88 valence electrons. The first-order valence-corrected chi connectivity index (χ1v) is 5.89. The maximum atomic E-state index is 5.98. The topological polar surface area (TPSA) is 55.6 Å². The molecule has 6 heteroatoms. The van der Waals surface area contributed by atoms with Crippen LogP contribution in [0.15, 0.2) is 18.3 Å². The lowest BCUT2D eigenvalue weighted by molar-refractivity contribution is 0.771. The molecule has 1 aliphatic rings. The highest BCUT2D eigenvalue weighted by molar-refractivity contribution is 6.29. The highest BCUT2D eigenvalue weighted by atomic mass is 35.5. The Labute approximate surface area is 104 Å². The van der Waals surface area contributed by atoms with E-state index in [1.807, 2.05) is 19.3 Å². The molecule has 0 radical (unpaired) electrons. The summed E-state index contributed by atoms with van der Waals surface area (Å²) < 4.78 is 1.73. The Morgan fingerprint density at radius 2 is 2.18 bits per heavy atom. The van der Waals surface area contributed by atoms with E-state index >= 15 is 0 Å². The van der Waals surface area contributed by atoms with E-state index in [0.717, 1.165) is 24.5 Å². The molecule has 0 amide bonds. The van der Waals surface area contributed by atoms with E-state index in [0.29, 0.717) is 16.9 Å². The molecule has 0 aromatic carbocycles. The molecule has 0 unspecified atom stereocenters. The van der Waals surface area contributed by atoms with Crippen molar-refractivity contribution in [2.45, 2.75) is 18.8 Å². The first-order chi connectivity index (χ1) is 8.20. The second-order valence-electron chi connectivity index (χ2n) is 4.21. The minimum atomic E-state index is 0.473. The number of nitrogens with one attached hydrogen (secondary N) is 1. The van der Waals surface area contributed by atoms with Gasteiger partial charge in [-0.15, -0.1) is 0 Å². The van der Waals surface area contributed by atoms with E-state index in [4.69, 9.17) is 11.6 Å². The quantitative estimate of drug-likeness (QED) is 0.849. The number of halogens is 1. The summed E-state index contributed by atoms with van der Waals surface area (Å²) in [5.74, 6) is 2.77. The summed E-state index contributed by atoms with van der Waals surface area (Å²) in [5.41, 5.74) is 0. The number of aryl methyl sites for hydroxylation is 1. The fraction of sp³-hybridized carbons (Fsp3) is 0.364. The number of anilines is 2. The Balaban J connectivity index is 1.86. The van der Waals surface area contributed by atoms with Crippen LogP contribution in [-0.2, 0) is 7.05 Å². The molecular weight excluding hydrogens is 238 g/mol. The van der Waals surface area contributed by atoms with Gasteiger partial charge >= 0.3 is 0 Å². The van der Waals surface area contributed by atoms with Crippen LogP contribution in [0.4, 0.5) is 11.6 Å². The van der Waals surface area contributed by atoms with Crippen LogP contribution in [0.25, 0.3) is 0 Å². The molecule has 0 bridgehead atoms. The molecule has 3 rings (SSSR count). The first kappa shape index (κ1) is 10.5. The van der Waals surface area contributed by atoms with Gasteiger partial charge in [0.1, 0.15) is 16.8 Å². The summed E-state index contributed by atoms with van der Waals surface area (Å²) in [5, 5.41) is 7.82. The fourth-order valence-corrected chi connectivity index (χ4v) is 1.83. The van der Waals surface area contributed by atoms with Crippen LogP contribution in [-0.4, -0.2) is 19.7 Å². The van der Waals surface area contributed by atoms with Gasteiger partial charge in [-0.05, 0) is 12.8 Å². The average molecular weight is 250 g/mol. The molecule has 5 nitrogen and oxygen atoms in total. The summed E-state index contributed by atoms with van der Waals surface area (Å²) in [6, 6.07) is 3.59. The maximum absolute atomic E-state index is 5.98. The Kier molecular flexibility index (Phi) is 2.48. The van der Waals surface area contributed by atoms with Gasteiger partial charge in [0.25, 0.3) is 0 Å². The SMILES string of the molecule is Cn1ccc(Nc2cc(Cl)nc(C3CC3)n2)n1. The molecular formula is C11H12ClN5. The normalized spacial score (nSPS) is 14.9. The Morgan fingerprint density at radius 3 is 2.82 bits per heavy atom. The molecule has 1 fully saturated rings. The lowest BCUT2D eigenvalue weighted by Crippen LogP contribution is -2.00. The van der Waals surface area contributed by atoms with Gasteiger partial charge in [0, 0.05) is 31.3 Å². The average Bonchev–Trinajstić information content (AvgIpc) is 3.03. The number of hydrogen-bond donors (Lipinski definition) is 1. The number of nitrogens with zero attached hydrogens (tertiary/aromatic N) is 4. The third-order valence-corrected chi connectivity index (χ3v) is 2.82. The van der Waals surface area contributed by atoms with E-state index < -0.39 is 0 Å². The summed E-state index contributed by atoms with van der Waals surface area (Å²) in [4.78, 5) is 8.68. The summed E-state index contributed by atoms with van der Waals surface area (Å²) >= 11 is 5.98. The zero-order valence-electron chi connectivity index (χ0n) is 9.39. The molecule has 0 saturated heterocycles. The van der Waals surface area contributed by atoms with Crippen molar-refractivity contribution in [2.75, 3.05) is 5.32 Å². The van der Waals surface area contributed by atoms with E-state index in [1.54, 1.807) is 10.7 Å². The van der Waals surface area contributed by atoms with Gasteiger partial charge in [-0.1, -0.05) is 11.6 Å². The molecule has 0 atom stereocenters. The summed E-state index contributed by atoms with van der Waals surface area (Å²) in [7, 11) is 1.87. The lowest BCUT2D eigenvalue weighted by atomic mass is 10.4. The van der Waals surface area contributed by atoms with Crippen molar-refractivity contribution in [1.29, 1.82) is 0 Å². The van der Waals surface area contributed by atoms with Crippen molar-refractivity contribution >= 4 is 23.2 Å². The van der Waals surface area contributed by atoms with Crippen molar-refractivity contribution in [3.63, 3.8) is 0 Å². The zero-order chi connectivity index (χ0) is 11.8. The van der Waals surface area contributed by atoms with Crippen LogP contribution in [0, 0.1) is 0 Å². The third kappa shape index (κ3) is 2.39. The minimum Gasteiger partial charge on any atom is -0.323 e. The van der Waals surface area contributed by atoms with Crippen molar-refractivity contribution in [3.8, 4) is 0 Å². The van der Waals surface area contributed by atoms with Crippen LogP contribution >= 0.6 is 11.6 Å². The smallest absolute Gasteiger partial charge is 0.153 e. The Bertz CT molecular complexity index is 547. The van der Waals surface area contributed by atoms with Gasteiger partial charge in [-0.25, -0.2) is 9.97 Å². The van der Waals surface area contributed by atoms with Gasteiger partial charge < -0.3 is 5.32 Å². The largest absolute Gasteiger partial charge is 0.323 e. The number of hydrogen-bond acceptors (Lipinski definition) is 4. The summed E-state index contributed by atoms with van der Waals surface area (Å²) in [6.45, 7) is 0. The molecule has 1 aliphatic carbocycles. The van der Waals surface area contributed by atoms with Crippen LogP contribution in [0.3, 0.4) is 0 Å². The molecule has 0 aliphatic heterocycles. The van der Waals surface area contributed by atoms with Crippen LogP contribution in [0.1, 0.15) is 24.6 Å². The zero-order valence-corrected chi connectivity index (χ0v) is 10.1. The second kappa shape index (κ2) is 4.00. The molecule has 2 aromatic heterocycles. The highest BCUT2D eigenvalue weighted by Crippen LogP contribution is 2.38. The predicted octanol–water partition coefficient (Wildman–Crippen LogP) is 2.48.